The number of hydrogen-bond donors (Lipinski definition) is 1. The van der Waals surface area contributed by atoms with Gasteiger partial charge in [0.2, 0.25) is 20.0 Å². The highest BCUT2D eigenvalue weighted by molar-refractivity contribution is 7.90. The van der Waals surface area contributed by atoms with Gasteiger partial charge < -0.3 is 4.74 Å². The Morgan fingerprint density at radius 1 is 1.00 bits per heavy atom. The highest BCUT2D eigenvalue weighted by Crippen LogP contribution is 2.23. The Bertz CT molecular complexity index is 780. The molecule has 134 valence electrons. The molecule has 9 heteroatoms. The first-order valence-corrected chi connectivity index (χ1v) is 11.0. The normalized spacial score (nSPS) is 21.2. The smallest absolute Gasteiger partial charge is 0.243 e. The molecule has 0 amide bonds. The van der Waals surface area contributed by atoms with E-state index in [1.54, 1.807) is 0 Å². The highest BCUT2D eigenvalue weighted by Gasteiger charge is 2.28. The molecule has 3 rings (SSSR count). The Hall–Kier alpha value is -1.00. The summed E-state index contributed by atoms with van der Waals surface area (Å²) in [6.45, 7) is 1.25. The molecule has 1 heterocycles. The number of nitrogens with zero attached hydrogens (tertiary/aromatic N) is 1. The molecule has 0 radical (unpaired) electrons. The van der Waals surface area contributed by atoms with Gasteiger partial charge in [0, 0.05) is 19.1 Å². The summed E-state index contributed by atoms with van der Waals surface area (Å²) >= 11 is 0. The predicted molar refractivity (Wildman–Crippen MR) is 88.6 cm³/mol. The lowest BCUT2D eigenvalue weighted by atomic mass is 10.3. The molecule has 24 heavy (non-hydrogen) atoms. The van der Waals surface area contributed by atoms with E-state index in [9.17, 15) is 16.8 Å². The summed E-state index contributed by atoms with van der Waals surface area (Å²) in [5, 5.41) is 0. The number of ether oxygens (including phenoxy) is 1. The number of nitrogens with one attached hydrogen (secondary N) is 1. The van der Waals surface area contributed by atoms with Crippen LogP contribution in [0.15, 0.2) is 34.1 Å². The number of sulfonamides is 2. The van der Waals surface area contributed by atoms with Crippen LogP contribution in [0.4, 0.5) is 0 Å². The molecule has 1 N–H and O–H groups in total. The third-order valence-electron chi connectivity index (χ3n) is 4.40. The highest BCUT2D eigenvalue weighted by atomic mass is 32.2. The van der Waals surface area contributed by atoms with Crippen LogP contribution in [0.2, 0.25) is 0 Å². The molecule has 0 unspecified atom stereocenters. The third kappa shape index (κ3) is 3.80. The van der Waals surface area contributed by atoms with Crippen molar-refractivity contribution >= 4 is 20.0 Å². The third-order valence-corrected chi connectivity index (χ3v) is 7.81. The summed E-state index contributed by atoms with van der Waals surface area (Å²) in [5.74, 6) is 0. The summed E-state index contributed by atoms with van der Waals surface area (Å²) in [4.78, 5) is -0.0116. The summed E-state index contributed by atoms with van der Waals surface area (Å²) in [7, 11) is -7.43. The van der Waals surface area contributed by atoms with Crippen molar-refractivity contribution in [3.05, 3.63) is 24.3 Å². The molecule has 1 aromatic carbocycles. The van der Waals surface area contributed by atoms with Gasteiger partial charge in [0.25, 0.3) is 0 Å². The first kappa shape index (κ1) is 17.8. The van der Waals surface area contributed by atoms with Crippen molar-refractivity contribution in [2.75, 3.05) is 26.3 Å². The fraction of sp³-hybridized carbons (Fsp3) is 0.600. The van der Waals surface area contributed by atoms with Gasteiger partial charge in [-0.25, -0.2) is 21.6 Å². The molecule has 1 aromatic rings. The molecule has 1 aliphatic heterocycles. The molecule has 1 saturated carbocycles. The lowest BCUT2D eigenvalue weighted by molar-refractivity contribution is 0.0730. The molecule has 0 bridgehead atoms. The van der Waals surface area contributed by atoms with Crippen LogP contribution in [0.25, 0.3) is 0 Å². The Balaban J connectivity index is 1.85. The van der Waals surface area contributed by atoms with Crippen molar-refractivity contribution in [1.82, 2.24) is 9.03 Å². The first-order valence-electron chi connectivity index (χ1n) is 8.10. The molecule has 7 nitrogen and oxygen atoms in total. The zero-order chi connectivity index (χ0) is 17.2. The summed E-state index contributed by atoms with van der Waals surface area (Å²) in [5.41, 5.74) is 0. The van der Waals surface area contributed by atoms with Crippen molar-refractivity contribution < 1.29 is 21.6 Å². The van der Waals surface area contributed by atoms with Crippen molar-refractivity contribution in [2.45, 2.75) is 41.5 Å². The molecule has 1 aliphatic carbocycles. The first-order chi connectivity index (χ1) is 11.4. The van der Waals surface area contributed by atoms with Crippen LogP contribution in [0, 0.1) is 0 Å². The maximum atomic E-state index is 12.7. The van der Waals surface area contributed by atoms with Crippen LogP contribution in [0.1, 0.15) is 25.7 Å². The van der Waals surface area contributed by atoms with E-state index in [2.05, 4.69) is 4.72 Å². The van der Waals surface area contributed by atoms with Gasteiger partial charge >= 0.3 is 0 Å². The zero-order valence-corrected chi connectivity index (χ0v) is 15.0. The quantitative estimate of drug-likeness (QED) is 0.828. The molecule has 0 atom stereocenters. The van der Waals surface area contributed by atoms with Gasteiger partial charge in [-0.05, 0) is 31.0 Å². The van der Waals surface area contributed by atoms with Gasteiger partial charge in [0.1, 0.15) is 0 Å². The van der Waals surface area contributed by atoms with Crippen LogP contribution in [0.5, 0.6) is 0 Å². The predicted octanol–water partition coefficient (Wildman–Crippen LogP) is 0.928. The van der Waals surface area contributed by atoms with E-state index in [-0.39, 0.29) is 28.9 Å². The average Bonchev–Trinajstić information content (AvgIpc) is 3.08. The van der Waals surface area contributed by atoms with Crippen molar-refractivity contribution in [3.8, 4) is 0 Å². The van der Waals surface area contributed by atoms with Crippen molar-refractivity contribution in [3.63, 3.8) is 0 Å². The van der Waals surface area contributed by atoms with E-state index >= 15 is 0 Å². The molecule has 0 aromatic heterocycles. The monoisotopic (exact) mass is 374 g/mol. The average molecular weight is 374 g/mol. The lowest BCUT2D eigenvalue weighted by Crippen LogP contribution is -2.40. The minimum Gasteiger partial charge on any atom is -0.379 e. The van der Waals surface area contributed by atoms with E-state index in [0.717, 1.165) is 25.7 Å². The fourth-order valence-corrected chi connectivity index (χ4v) is 5.95. The van der Waals surface area contributed by atoms with Gasteiger partial charge in [0.05, 0.1) is 23.0 Å². The van der Waals surface area contributed by atoms with Gasteiger partial charge in [-0.15, -0.1) is 0 Å². The molecular weight excluding hydrogens is 352 g/mol. The molecule has 1 saturated heterocycles. The molecule has 2 aliphatic rings. The van der Waals surface area contributed by atoms with E-state index < -0.39 is 20.0 Å². The van der Waals surface area contributed by atoms with Crippen LogP contribution in [0.3, 0.4) is 0 Å². The minimum absolute atomic E-state index is 0.00121. The van der Waals surface area contributed by atoms with Crippen LogP contribution in [-0.2, 0) is 24.8 Å². The summed E-state index contributed by atoms with van der Waals surface area (Å²) in [6.07, 6.45) is 3.67. The standard InChI is InChI=1S/C15H22N2O5S2/c18-23(19,16-13-4-1-2-5-13)14-6-3-7-15(12-14)24(20,21)17-8-10-22-11-9-17/h3,6-7,12-13,16H,1-2,4-5,8-11H2. The van der Waals surface area contributed by atoms with Gasteiger partial charge in [0.15, 0.2) is 0 Å². The van der Waals surface area contributed by atoms with Gasteiger partial charge in [-0.1, -0.05) is 18.9 Å². The minimum atomic E-state index is -3.71. The topological polar surface area (TPSA) is 92.8 Å². The Kier molecular flexibility index (Phi) is 5.26. The molecule has 0 spiro atoms. The van der Waals surface area contributed by atoms with E-state index in [1.807, 2.05) is 0 Å². The number of rotatable bonds is 5. The molecule has 2 fully saturated rings. The van der Waals surface area contributed by atoms with Gasteiger partial charge in [-0.2, -0.15) is 4.31 Å². The second kappa shape index (κ2) is 7.09. The largest absolute Gasteiger partial charge is 0.379 e. The van der Waals surface area contributed by atoms with Crippen molar-refractivity contribution in [2.24, 2.45) is 0 Å². The van der Waals surface area contributed by atoms with Crippen LogP contribution < -0.4 is 4.72 Å². The fourth-order valence-electron chi connectivity index (χ4n) is 3.07. The van der Waals surface area contributed by atoms with E-state index in [4.69, 9.17) is 4.74 Å². The Morgan fingerprint density at radius 3 is 2.29 bits per heavy atom. The van der Waals surface area contributed by atoms with Gasteiger partial charge in [-0.3, -0.25) is 0 Å². The lowest BCUT2D eigenvalue weighted by Gasteiger charge is -2.26. The summed E-state index contributed by atoms with van der Waals surface area (Å²) < 4.78 is 59.5. The Labute approximate surface area is 143 Å². The number of benzene rings is 1. The van der Waals surface area contributed by atoms with Crippen molar-refractivity contribution in [1.29, 1.82) is 0 Å². The maximum Gasteiger partial charge on any atom is 0.243 e. The van der Waals surface area contributed by atoms with E-state index in [0.29, 0.717) is 13.2 Å². The van der Waals surface area contributed by atoms with Crippen LogP contribution in [-0.4, -0.2) is 53.5 Å². The van der Waals surface area contributed by atoms with Crippen LogP contribution >= 0.6 is 0 Å². The second-order valence-corrected chi connectivity index (χ2v) is 9.75. The zero-order valence-electron chi connectivity index (χ0n) is 13.3. The van der Waals surface area contributed by atoms with E-state index in [1.165, 1.54) is 28.6 Å². The second-order valence-electron chi connectivity index (χ2n) is 6.09. The number of hydrogen-bond acceptors (Lipinski definition) is 5. The SMILES string of the molecule is O=S(=O)(NC1CCCC1)c1cccc(S(=O)(=O)N2CCOCC2)c1. The summed E-state index contributed by atoms with van der Waals surface area (Å²) in [6, 6.07) is 5.50. The number of morpholine rings is 1. The molecular formula is C15H22N2O5S2. The maximum absolute atomic E-state index is 12.7. The Morgan fingerprint density at radius 2 is 1.62 bits per heavy atom.